The second kappa shape index (κ2) is 7.06. The van der Waals surface area contributed by atoms with Gasteiger partial charge in [0.1, 0.15) is 0 Å². The minimum atomic E-state index is -0.463. The van der Waals surface area contributed by atoms with Crippen LogP contribution in [0, 0.1) is 15.5 Å². The van der Waals surface area contributed by atoms with Crippen molar-refractivity contribution in [3.8, 4) is 0 Å². The third-order valence-corrected chi connectivity index (χ3v) is 4.42. The van der Waals surface area contributed by atoms with Gasteiger partial charge in [0.25, 0.3) is 5.69 Å². The number of piperidine rings is 1. The van der Waals surface area contributed by atoms with E-state index in [9.17, 15) is 20.0 Å². The summed E-state index contributed by atoms with van der Waals surface area (Å²) in [5.41, 5.74) is 0.483. The summed E-state index contributed by atoms with van der Waals surface area (Å²) in [5, 5.41) is 20.1. The van der Waals surface area contributed by atoms with Crippen molar-refractivity contribution in [3.63, 3.8) is 0 Å². The minimum absolute atomic E-state index is 0.00402. The Morgan fingerprint density at radius 3 is 2.65 bits per heavy atom. The second-order valence-electron chi connectivity index (χ2n) is 6.51. The predicted octanol–water partition coefficient (Wildman–Crippen LogP) is 1.65. The van der Waals surface area contributed by atoms with Crippen LogP contribution in [0.4, 0.5) is 11.4 Å². The lowest BCUT2D eigenvalue weighted by Crippen LogP contribution is -2.47. The maximum Gasteiger partial charge on any atom is 0.269 e. The lowest BCUT2D eigenvalue weighted by atomic mass is 9.83. The molecule has 0 aromatic heterocycles. The Hall–Kier alpha value is -1.99. The van der Waals surface area contributed by atoms with E-state index >= 15 is 0 Å². The Morgan fingerprint density at radius 1 is 1.43 bits per heavy atom. The number of non-ortho nitro benzene ring substituents is 1. The number of benzene rings is 1. The van der Waals surface area contributed by atoms with E-state index in [-0.39, 0.29) is 30.2 Å². The number of likely N-dealkylation sites (N-methyl/N-ethyl adjacent to an activating group) is 1. The number of aliphatic hydroxyl groups excluding tert-OH is 1. The van der Waals surface area contributed by atoms with Gasteiger partial charge in [-0.15, -0.1) is 0 Å². The molecule has 126 valence electrons. The Morgan fingerprint density at radius 2 is 2.09 bits per heavy atom. The highest BCUT2D eigenvalue weighted by Crippen LogP contribution is 2.28. The number of likely N-dealkylation sites (tertiary alicyclic amines) is 1. The van der Waals surface area contributed by atoms with Crippen molar-refractivity contribution in [1.82, 2.24) is 4.90 Å². The fraction of sp³-hybridized carbons (Fsp3) is 0.562. The highest BCUT2D eigenvalue weighted by Gasteiger charge is 2.31. The van der Waals surface area contributed by atoms with Crippen LogP contribution < -0.4 is 4.90 Å². The molecule has 0 bridgehead atoms. The number of carbonyl (C=O) groups is 1. The molecule has 1 aromatic carbocycles. The van der Waals surface area contributed by atoms with Crippen LogP contribution in [-0.4, -0.2) is 54.1 Å². The number of nitro benzene ring substituents is 1. The number of hydrogen-bond donors (Lipinski definition) is 1. The molecule has 0 saturated carbocycles. The summed E-state index contributed by atoms with van der Waals surface area (Å²) in [6.45, 7) is 3.97. The molecular weight excluding hydrogens is 298 g/mol. The maximum absolute atomic E-state index is 12.4. The van der Waals surface area contributed by atoms with Crippen molar-refractivity contribution in [1.29, 1.82) is 0 Å². The van der Waals surface area contributed by atoms with E-state index in [2.05, 4.69) is 4.90 Å². The number of aliphatic hydroxyl groups is 1. The molecule has 1 fully saturated rings. The standard InChI is InChI=1S/C16H23N3O4/c1-16(12-20)8-3-9-18(11-16)10-15(21)17(2)13-4-6-14(7-5-13)19(22)23/h4-7,20H,3,8-12H2,1-2H3. The van der Waals surface area contributed by atoms with Gasteiger partial charge in [0.15, 0.2) is 0 Å². The zero-order valence-corrected chi connectivity index (χ0v) is 13.6. The van der Waals surface area contributed by atoms with E-state index < -0.39 is 4.92 Å². The number of carbonyl (C=O) groups excluding carboxylic acids is 1. The molecule has 1 heterocycles. The molecule has 1 saturated heterocycles. The van der Waals surface area contributed by atoms with Gasteiger partial charge in [-0.25, -0.2) is 0 Å². The number of amides is 1. The van der Waals surface area contributed by atoms with E-state index in [1.165, 1.54) is 17.0 Å². The Labute approximate surface area is 135 Å². The van der Waals surface area contributed by atoms with Crippen LogP contribution in [0.25, 0.3) is 0 Å². The molecule has 1 atom stereocenters. The third kappa shape index (κ3) is 4.27. The molecule has 1 amide bonds. The van der Waals surface area contributed by atoms with E-state index in [1.54, 1.807) is 19.2 Å². The molecule has 1 N–H and O–H groups in total. The summed E-state index contributed by atoms with van der Waals surface area (Å²) in [4.78, 5) is 26.2. The first-order valence-corrected chi connectivity index (χ1v) is 7.69. The minimum Gasteiger partial charge on any atom is -0.396 e. The van der Waals surface area contributed by atoms with Crippen LogP contribution in [0.1, 0.15) is 19.8 Å². The third-order valence-electron chi connectivity index (χ3n) is 4.42. The highest BCUT2D eigenvalue weighted by atomic mass is 16.6. The van der Waals surface area contributed by atoms with Crippen LogP contribution in [0.5, 0.6) is 0 Å². The number of rotatable bonds is 5. The van der Waals surface area contributed by atoms with Gasteiger partial charge in [-0.3, -0.25) is 19.8 Å². The average molecular weight is 321 g/mol. The van der Waals surface area contributed by atoms with Gasteiger partial charge < -0.3 is 10.0 Å². The molecule has 0 aliphatic carbocycles. The zero-order valence-electron chi connectivity index (χ0n) is 13.6. The number of nitrogens with zero attached hydrogens (tertiary/aromatic N) is 3. The van der Waals surface area contributed by atoms with Crippen molar-refractivity contribution >= 4 is 17.3 Å². The first-order chi connectivity index (χ1) is 10.8. The van der Waals surface area contributed by atoms with Gasteiger partial charge in [0.2, 0.25) is 5.91 Å². The summed E-state index contributed by atoms with van der Waals surface area (Å²) in [5.74, 6) is -0.0685. The van der Waals surface area contributed by atoms with E-state index in [1.807, 2.05) is 6.92 Å². The van der Waals surface area contributed by atoms with Gasteiger partial charge >= 0.3 is 0 Å². The van der Waals surface area contributed by atoms with E-state index in [4.69, 9.17) is 0 Å². The van der Waals surface area contributed by atoms with Crippen LogP contribution in [0.3, 0.4) is 0 Å². The smallest absolute Gasteiger partial charge is 0.269 e. The van der Waals surface area contributed by atoms with E-state index in [0.717, 1.165) is 19.4 Å². The van der Waals surface area contributed by atoms with Crippen molar-refractivity contribution in [2.24, 2.45) is 5.41 Å². The fourth-order valence-corrected chi connectivity index (χ4v) is 2.93. The average Bonchev–Trinajstić information content (AvgIpc) is 2.54. The fourth-order valence-electron chi connectivity index (χ4n) is 2.93. The molecule has 7 nitrogen and oxygen atoms in total. The SMILES string of the molecule is CN(C(=O)CN1CCCC(C)(CO)C1)c1ccc([N+](=O)[O-])cc1. The molecule has 1 aromatic rings. The predicted molar refractivity (Wildman–Crippen MR) is 87.4 cm³/mol. The Bertz CT molecular complexity index is 575. The molecule has 1 aliphatic heterocycles. The lowest BCUT2D eigenvalue weighted by Gasteiger charge is -2.39. The topological polar surface area (TPSA) is 86.9 Å². The summed E-state index contributed by atoms with van der Waals surface area (Å²) in [6.07, 6.45) is 1.93. The van der Waals surface area contributed by atoms with Crippen molar-refractivity contribution in [2.45, 2.75) is 19.8 Å². The van der Waals surface area contributed by atoms with Gasteiger partial charge in [0, 0.05) is 43.4 Å². The molecular formula is C16H23N3O4. The number of nitro groups is 1. The quantitative estimate of drug-likeness (QED) is 0.658. The summed E-state index contributed by atoms with van der Waals surface area (Å²) in [7, 11) is 1.67. The number of hydrogen-bond acceptors (Lipinski definition) is 5. The number of anilines is 1. The zero-order chi connectivity index (χ0) is 17.0. The van der Waals surface area contributed by atoms with Gasteiger partial charge in [-0.1, -0.05) is 6.92 Å². The lowest BCUT2D eigenvalue weighted by molar-refractivity contribution is -0.384. The van der Waals surface area contributed by atoms with Crippen LogP contribution in [-0.2, 0) is 4.79 Å². The van der Waals surface area contributed by atoms with Gasteiger partial charge in [-0.05, 0) is 31.5 Å². The molecule has 23 heavy (non-hydrogen) atoms. The first kappa shape index (κ1) is 17.4. The van der Waals surface area contributed by atoms with Crippen molar-refractivity contribution in [2.75, 3.05) is 38.2 Å². The summed E-state index contributed by atoms with van der Waals surface area (Å²) < 4.78 is 0. The molecule has 0 spiro atoms. The van der Waals surface area contributed by atoms with Crippen LogP contribution >= 0.6 is 0 Å². The van der Waals surface area contributed by atoms with Gasteiger partial charge in [0.05, 0.1) is 11.5 Å². The van der Waals surface area contributed by atoms with Crippen molar-refractivity contribution < 1.29 is 14.8 Å². The molecule has 1 aliphatic rings. The van der Waals surface area contributed by atoms with Crippen molar-refractivity contribution in [3.05, 3.63) is 34.4 Å². The van der Waals surface area contributed by atoms with E-state index in [0.29, 0.717) is 12.2 Å². The second-order valence-corrected chi connectivity index (χ2v) is 6.51. The summed E-state index contributed by atoms with van der Waals surface area (Å²) in [6, 6.07) is 5.93. The normalized spacial score (nSPS) is 21.9. The van der Waals surface area contributed by atoms with Gasteiger partial charge in [-0.2, -0.15) is 0 Å². The monoisotopic (exact) mass is 321 g/mol. The summed E-state index contributed by atoms with van der Waals surface area (Å²) >= 11 is 0. The van der Waals surface area contributed by atoms with Crippen LogP contribution in [0.2, 0.25) is 0 Å². The molecule has 1 unspecified atom stereocenters. The van der Waals surface area contributed by atoms with Crippen LogP contribution in [0.15, 0.2) is 24.3 Å². The Balaban J connectivity index is 1.98. The largest absolute Gasteiger partial charge is 0.396 e. The Kier molecular flexibility index (Phi) is 5.33. The first-order valence-electron chi connectivity index (χ1n) is 7.69. The molecule has 2 rings (SSSR count). The maximum atomic E-state index is 12.4. The molecule has 0 radical (unpaired) electrons. The highest BCUT2D eigenvalue weighted by molar-refractivity contribution is 5.94. The molecule has 7 heteroatoms.